The van der Waals surface area contributed by atoms with Crippen molar-refractivity contribution in [3.63, 3.8) is 0 Å². The molecule has 7 heteroatoms. The smallest absolute Gasteiger partial charge is 0.244 e. The first-order valence-electron chi connectivity index (χ1n) is 8.08. The van der Waals surface area contributed by atoms with Gasteiger partial charge in [0.25, 0.3) is 0 Å². The third kappa shape index (κ3) is 3.23. The molecule has 4 rings (SSSR count). The molecular formula is C19H16ClN3O3. The summed E-state index contributed by atoms with van der Waals surface area (Å²) in [6.45, 7) is 2.51. The van der Waals surface area contributed by atoms with Gasteiger partial charge in [-0.3, -0.25) is 4.79 Å². The second-order valence-electron chi connectivity index (χ2n) is 5.94. The second kappa shape index (κ2) is 6.72. The number of aryl methyl sites for hydroxylation is 1. The van der Waals surface area contributed by atoms with E-state index < -0.39 is 0 Å². The van der Waals surface area contributed by atoms with Crippen molar-refractivity contribution >= 4 is 29.2 Å². The highest BCUT2D eigenvalue weighted by molar-refractivity contribution is 6.32. The zero-order valence-electron chi connectivity index (χ0n) is 14.0. The minimum Gasteiger partial charge on any atom is -0.454 e. The Morgan fingerprint density at radius 2 is 2.31 bits per heavy atom. The van der Waals surface area contributed by atoms with Gasteiger partial charge in [-0.2, -0.15) is 0 Å². The Labute approximate surface area is 155 Å². The number of halogens is 1. The molecule has 0 bridgehead atoms. The van der Waals surface area contributed by atoms with Crippen molar-refractivity contribution in [1.82, 2.24) is 14.7 Å². The van der Waals surface area contributed by atoms with Crippen LogP contribution >= 0.6 is 11.6 Å². The number of aromatic nitrogens is 2. The van der Waals surface area contributed by atoms with E-state index in [4.69, 9.17) is 21.1 Å². The van der Waals surface area contributed by atoms with E-state index in [9.17, 15) is 4.79 Å². The molecule has 132 valence electrons. The van der Waals surface area contributed by atoms with Gasteiger partial charge in [0.05, 0.1) is 17.3 Å². The van der Waals surface area contributed by atoms with Crippen LogP contribution in [0, 0.1) is 6.92 Å². The number of nitrogens with one attached hydrogen (secondary N) is 1. The number of hydrogen-bond acceptors (Lipinski definition) is 4. The zero-order valence-corrected chi connectivity index (χ0v) is 14.8. The third-order valence-electron chi connectivity index (χ3n) is 4.05. The summed E-state index contributed by atoms with van der Waals surface area (Å²) in [6.07, 6.45) is 6.97. The molecule has 1 aliphatic heterocycles. The lowest BCUT2D eigenvalue weighted by Gasteiger charge is -2.01. The summed E-state index contributed by atoms with van der Waals surface area (Å²) in [7, 11) is 0. The minimum absolute atomic E-state index is 0.154. The standard InChI is InChI=1S/C19H16ClN3O3/c1-12-3-2-6-23-10-14(22-19(12)23)9-21-17(24)5-4-13-7-15(20)18-16(8-13)25-11-26-18/h2-8,10H,9,11H2,1H3,(H,21,24)/b5-4+. The van der Waals surface area contributed by atoms with Crippen LogP contribution in [0.4, 0.5) is 0 Å². The molecule has 1 amide bonds. The van der Waals surface area contributed by atoms with Crippen LogP contribution in [0.3, 0.4) is 0 Å². The number of ether oxygens (including phenoxy) is 2. The van der Waals surface area contributed by atoms with E-state index >= 15 is 0 Å². The number of carbonyl (C=O) groups excluding carboxylic acids is 1. The topological polar surface area (TPSA) is 64.9 Å². The summed E-state index contributed by atoms with van der Waals surface area (Å²) < 4.78 is 12.5. The second-order valence-corrected chi connectivity index (χ2v) is 6.35. The molecule has 1 aromatic carbocycles. The molecule has 0 radical (unpaired) electrons. The monoisotopic (exact) mass is 369 g/mol. The van der Waals surface area contributed by atoms with Gasteiger partial charge < -0.3 is 19.2 Å². The fourth-order valence-corrected chi connectivity index (χ4v) is 3.06. The summed E-state index contributed by atoms with van der Waals surface area (Å²) in [5.41, 5.74) is 3.54. The molecule has 1 N–H and O–H groups in total. The van der Waals surface area contributed by atoms with Gasteiger partial charge in [-0.15, -0.1) is 0 Å². The maximum absolute atomic E-state index is 12.1. The quantitative estimate of drug-likeness (QED) is 0.716. The number of hydrogen-bond donors (Lipinski definition) is 1. The van der Waals surface area contributed by atoms with Crippen LogP contribution in [0.15, 0.2) is 42.7 Å². The number of pyridine rings is 1. The third-order valence-corrected chi connectivity index (χ3v) is 4.33. The summed E-state index contributed by atoms with van der Waals surface area (Å²) in [5.74, 6) is 0.903. The minimum atomic E-state index is -0.215. The van der Waals surface area contributed by atoms with Crippen LogP contribution in [-0.4, -0.2) is 22.1 Å². The number of rotatable bonds is 4. The molecule has 0 saturated carbocycles. The van der Waals surface area contributed by atoms with Gasteiger partial charge in [0.1, 0.15) is 5.65 Å². The number of amides is 1. The Morgan fingerprint density at radius 1 is 1.42 bits per heavy atom. The van der Waals surface area contributed by atoms with Crippen LogP contribution < -0.4 is 14.8 Å². The Balaban J connectivity index is 1.41. The van der Waals surface area contributed by atoms with Gasteiger partial charge in [0, 0.05) is 18.5 Å². The van der Waals surface area contributed by atoms with E-state index in [2.05, 4.69) is 10.3 Å². The van der Waals surface area contributed by atoms with Crippen molar-refractivity contribution in [3.05, 3.63) is 64.6 Å². The van der Waals surface area contributed by atoms with Gasteiger partial charge in [0.2, 0.25) is 12.7 Å². The molecule has 0 fully saturated rings. The molecule has 3 aromatic rings. The highest BCUT2D eigenvalue weighted by atomic mass is 35.5. The largest absolute Gasteiger partial charge is 0.454 e. The van der Waals surface area contributed by atoms with Crippen LogP contribution in [0.25, 0.3) is 11.7 Å². The summed E-state index contributed by atoms with van der Waals surface area (Å²) >= 11 is 6.13. The van der Waals surface area contributed by atoms with E-state index in [-0.39, 0.29) is 12.7 Å². The molecule has 3 heterocycles. The molecule has 1 aliphatic rings. The zero-order chi connectivity index (χ0) is 18.1. The maximum Gasteiger partial charge on any atom is 0.244 e. The fourth-order valence-electron chi connectivity index (χ4n) is 2.78. The van der Waals surface area contributed by atoms with Crippen molar-refractivity contribution < 1.29 is 14.3 Å². The first-order chi connectivity index (χ1) is 12.6. The van der Waals surface area contributed by atoms with Crippen molar-refractivity contribution in [2.75, 3.05) is 6.79 Å². The molecule has 0 atom stereocenters. The van der Waals surface area contributed by atoms with Crippen molar-refractivity contribution in [3.8, 4) is 11.5 Å². The molecular weight excluding hydrogens is 354 g/mol. The summed E-state index contributed by atoms with van der Waals surface area (Å²) in [5, 5.41) is 3.28. The van der Waals surface area contributed by atoms with E-state index in [1.54, 1.807) is 18.2 Å². The Morgan fingerprint density at radius 3 is 3.15 bits per heavy atom. The Bertz CT molecular complexity index is 1030. The fraction of sp³-hybridized carbons (Fsp3) is 0.158. The van der Waals surface area contributed by atoms with Crippen LogP contribution in [0.5, 0.6) is 11.5 Å². The van der Waals surface area contributed by atoms with Gasteiger partial charge in [-0.05, 0) is 42.3 Å². The molecule has 26 heavy (non-hydrogen) atoms. The Kier molecular flexibility index (Phi) is 4.26. The van der Waals surface area contributed by atoms with E-state index in [1.165, 1.54) is 6.08 Å². The van der Waals surface area contributed by atoms with Crippen molar-refractivity contribution in [2.45, 2.75) is 13.5 Å². The highest BCUT2D eigenvalue weighted by Crippen LogP contribution is 2.40. The molecule has 0 aliphatic carbocycles. The van der Waals surface area contributed by atoms with Gasteiger partial charge >= 0.3 is 0 Å². The lowest BCUT2D eigenvalue weighted by molar-refractivity contribution is -0.116. The number of imidazole rings is 1. The SMILES string of the molecule is Cc1cccn2cc(CNC(=O)/C=C/c3cc(Cl)c4c(c3)OCO4)nc12. The van der Waals surface area contributed by atoms with Gasteiger partial charge in [-0.1, -0.05) is 17.7 Å². The average molecular weight is 370 g/mol. The first-order valence-corrected chi connectivity index (χ1v) is 8.46. The normalized spacial score (nSPS) is 12.8. The number of carbonyl (C=O) groups is 1. The predicted octanol–water partition coefficient (Wildman–Crippen LogP) is 3.35. The van der Waals surface area contributed by atoms with Gasteiger partial charge in [0.15, 0.2) is 11.5 Å². The average Bonchev–Trinajstić information content (AvgIpc) is 3.25. The van der Waals surface area contributed by atoms with E-state index in [1.807, 2.05) is 35.9 Å². The van der Waals surface area contributed by atoms with E-state index in [0.29, 0.717) is 23.1 Å². The molecule has 0 saturated heterocycles. The van der Waals surface area contributed by atoms with Crippen LogP contribution in [0.1, 0.15) is 16.8 Å². The lowest BCUT2D eigenvalue weighted by Crippen LogP contribution is -2.20. The molecule has 2 aromatic heterocycles. The van der Waals surface area contributed by atoms with Crippen LogP contribution in [-0.2, 0) is 11.3 Å². The maximum atomic E-state index is 12.1. The Hall–Kier alpha value is -2.99. The molecule has 0 spiro atoms. The highest BCUT2D eigenvalue weighted by Gasteiger charge is 2.17. The van der Waals surface area contributed by atoms with Crippen LogP contribution in [0.2, 0.25) is 5.02 Å². The summed E-state index contributed by atoms with van der Waals surface area (Å²) in [4.78, 5) is 16.6. The van der Waals surface area contributed by atoms with Gasteiger partial charge in [-0.25, -0.2) is 4.98 Å². The predicted molar refractivity (Wildman–Crippen MR) is 98.4 cm³/mol. The molecule has 6 nitrogen and oxygen atoms in total. The first kappa shape index (κ1) is 16.5. The number of nitrogens with zero attached hydrogens (tertiary/aromatic N) is 2. The lowest BCUT2D eigenvalue weighted by atomic mass is 10.2. The summed E-state index contributed by atoms with van der Waals surface area (Å²) in [6, 6.07) is 7.47. The van der Waals surface area contributed by atoms with Crippen molar-refractivity contribution in [1.29, 1.82) is 0 Å². The van der Waals surface area contributed by atoms with E-state index in [0.717, 1.165) is 22.5 Å². The molecule has 0 unspecified atom stereocenters. The number of fused-ring (bicyclic) bond motifs is 2. The van der Waals surface area contributed by atoms with Crippen molar-refractivity contribution in [2.24, 2.45) is 0 Å². The number of benzene rings is 1.